The summed E-state index contributed by atoms with van der Waals surface area (Å²) in [7, 11) is 0. The molecule has 13 aliphatic rings. The molecule has 13 heterocycles. The Labute approximate surface area is 456 Å². The standard InChI is InChI=1S/C52H48N16O12/c1-7-15-77-33-11-12-34(78-16-8-2)30-20-66-48(74)62-26-58-39-37-53(43(69)57(39)25-61-41(62)51(66,5)65(47(61)73)19-29(30)33)23-55-38-40-59(45(55)71)27-63-42-52(6)67(49(63)75)21-31-32(36(80-18-10-4)14-13-35(31)79-17-9-3)22-68(52)50(76)64(42)28-60(40)46(72)56(38)24-54(37)44(58)70/h1-4,11-14,37-42H,15-28H2,5-6H3/t37-,38+,39?,40?,41?,42?,51+,52-. The quantitative estimate of drug-likeness (QED) is 0.331. The largest absolute Gasteiger partial charge is 0.481 e. The van der Waals surface area contributed by atoms with Crippen molar-refractivity contribution in [2.45, 2.75) is 88.3 Å². The van der Waals surface area contributed by atoms with Gasteiger partial charge in [-0.3, -0.25) is 78.4 Å². The molecule has 2 aromatic rings. The Morgan fingerprint density at radius 1 is 0.362 bits per heavy atom. The number of terminal acetylenes is 4. The highest BCUT2D eigenvalue weighted by Crippen LogP contribution is 2.55. The second kappa shape index (κ2) is 15.8. The maximum Gasteiger partial charge on any atom is 0.326 e. The zero-order chi connectivity index (χ0) is 55.3. The van der Waals surface area contributed by atoms with Gasteiger partial charge in [0.1, 0.15) is 89.4 Å². The van der Waals surface area contributed by atoms with Crippen LogP contribution in [-0.4, -0.2) is 241 Å². The molecular formula is C52H48N16O12. The summed E-state index contributed by atoms with van der Waals surface area (Å²) < 4.78 is 23.9. The first-order chi connectivity index (χ1) is 38.6. The molecule has 0 aliphatic carbocycles. The molecule has 28 heteroatoms. The van der Waals surface area contributed by atoms with Crippen LogP contribution < -0.4 is 18.9 Å². The van der Waals surface area contributed by atoms with Crippen molar-refractivity contribution in [2.75, 3.05) is 66.4 Å². The molecule has 16 amide bonds. The Balaban J connectivity index is 0.774. The lowest BCUT2D eigenvalue weighted by molar-refractivity contribution is -0.0289. The monoisotopic (exact) mass is 1090 g/mol. The molecule has 80 heavy (non-hydrogen) atoms. The van der Waals surface area contributed by atoms with Crippen LogP contribution in [-0.2, 0) is 26.2 Å². The molecule has 2 aromatic carbocycles. The minimum absolute atomic E-state index is 0.0613. The summed E-state index contributed by atoms with van der Waals surface area (Å²) in [6.07, 6.45) is 15.7. The van der Waals surface area contributed by atoms with E-state index in [0.29, 0.717) is 45.3 Å². The smallest absolute Gasteiger partial charge is 0.326 e. The lowest BCUT2D eigenvalue weighted by Gasteiger charge is -2.42. The highest BCUT2D eigenvalue weighted by atomic mass is 16.5. The molecule has 0 aromatic heterocycles. The van der Waals surface area contributed by atoms with E-state index in [1.54, 1.807) is 57.7 Å². The van der Waals surface area contributed by atoms with Crippen LogP contribution in [0.1, 0.15) is 36.1 Å². The second-order valence-electron chi connectivity index (χ2n) is 21.7. The minimum atomic E-state index is -1.38. The highest BCUT2D eigenvalue weighted by molar-refractivity contribution is 5.93. The molecule has 11 fully saturated rings. The van der Waals surface area contributed by atoms with E-state index in [2.05, 4.69) is 23.7 Å². The van der Waals surface area contributed by atoms with E-state index in [1.807, 2.05) is 0 Å². The van der Waals surface area contributed by atoms with Crippen molar-refractivity contribution < 1.29 is 57.3 Å². The van der Waals surface area contributed by atoms with Gasteiger partial charge in [-0.1, -0.05) is 23.7 Å². The molecule has 0 atom stereocenters. The van der Waals surface area contributed by atoms with Crippen LogP contribution in [0.25, 0.3) is 0 Å². The van der Waals surface area contributed by atoms with E-state index >= 15 is 38.4 Å². The van der Waals surface area contributed by atoms with Gasteiger partial charge in [-0.15, -0.1) is 25.7 Å². The van der Waals surface area contributed by atoms with Crippen LogP contribution in [0.15, 0.2) is 24.3 Å². The van der Waals surface area contributed by atoms with Crippen molar-refractivity contribution in [3.8, 4) is 72.4 Å². The number of urea groups is 8. The molecule has 15 rings (SSSR count). The summed E-state index contributed by atoms with van der Waals surface area (Å²) in [6.45, 7) is 0.581. The fourth-order valence-electron chi connectivity index (χ4n) is 14.9. The maximum absolute atomic E-state index is 15.3. The lowest BCUT2D eigenvalue weighted by Crippen LogP contribution is -2.63. The van der Waals surface area contributed by atoms with Gasteiger partial charge in [0, 0.05) is 22.3 Å². The predicted octanol–water partition coefficient (Wildman–Crippen LogP) is 0.538. The summed E-state index contributed by atoms with van der Waals surface area (Å²) in [5.41, 5.74) is -0.582. The van der Waals surface area contributed by atoms with Crippen molar-refractivity contribution in [1.82, 2.24) is 78.4 Å². The normalized spacial score (nSPS) is 30.4. The number of fused-ring (bicyclic) bond motifs is 2. The Morgan fingerprint density at radius 3 is 0.762 bits per heavy atom. The van der Waals surface area contributed by atoms with Gasteiger partial charge >= 0.3 is 48.2 Å². The van der Waals surface area contributed by atoms with Gasteiger partial charge < -0.3 is 18.9 Å². The summed E-state index contributed by atoms with van der Waals surface area (Å²) in [4.78, 5) is 145. The molecule has 0 N–H and O–H groups in total. The van der Waals surface area contributed by atoms with E-state index in [4.69, 9.17) is 44.6 Å². The van der Waals surface area contributed by atoms with Crippen LogP contribution in [0.3, 0.4) is 0 Å². The van der Waals surface area contributed by atoms with Gasteiger partial charge in [-0.25, -0.2) is 38.4 Å². The fraction of sp³-hybridized carbons (Fsp3) is 0.462. The molecule has 0 saturated carbocycles. The zero-order valence-corrected chi connectivity index (χ0v) is 43.0. The van der Waals surface area contributed by atoms with Gasteiger partial charge in [-0.2, -0.15) is 0 Å². The van der Waals surface area contributed by atoms with Crippen LogP contribution >= 0.6 is 0 Å². The van der Waals surface area contributed by atoms with Crippen molar-refractivity contribution in [3.05, 3.63) is 46.5 Å². The van der Waals surface area contributed by atoms with E-state index in [1.165, 1.54) is 58.8 Å². The molecule has 0 spiro atoms. The molecular weight excluding hydrogens is 1040 g/mol. The van der Waals surface area contributed by atoms with Gasteiger partial charge in [0.2, 0.25) is 0 Å². The number of benzene rings is 2. The SMILES string of the molecule is C#CCOc1ccc(OCC#C)c2c1CN1C(=O)N3CN4C(=O)N5CN6C(=O)N7CN8C(=O)N9Cc%10c(OCC#C)ccc(OCC#C)c%10CN%10C(=O)N(CN%11C(=O)N(CN%12C(=O)N(CN%13C(=O)N(C2)[C@]1(C)C3%13)C4[C@H]%125)[C@@H]6C7%11)C8[C@]%109C. The molecule has 11 saturated heterocycles. The van der Waals surface area contributed by atoms with E-state index in [9.17, 15) is 0 Å². The summed E-state index contributed by atoms with van der Waals surface area (Å²) in [5, 5.41) is 0. The number of amides is 16. The Morgan fingerprint density at radius 2 is 0.562 bits per heavy atom. The topological polar surface area (TPSA) is 225 Å². The number of hydrogen-bond donors (Lipinski definition) is 0. The first-order valence-electron chi connectivity index (χ1n) is 25.8. The predicted molar refractivity (Wildman–Crippen MR) is 266 cm³/mol. The third-order valence-corrected chi connectivity index (χ3v) is 18.3. The zero-order valence-electron chi connectivity index (χ0n) is 43.0. The molecule has 13 aliphatic heterocycles. The van der Waals surface area contributed by atoms with Gasteiger partial charge in [-0.05, 0) is 38.1 Å². The van der Waals surface area contributed by atoms with Gasteiger partial charge in [0.05, 0.1) is 26.2 Å². The number of nitrogens with zero attached hydrogens (tertiary/aromatic N) is 16. The van der Waals surface area contributed by atoms with Crippen molar-refractivity contribution in [2.24, 2.45) is 0 Å². The van der Waals surface area contributed by atoms with Crippen molar-refractivity contribution >= 4 is 48.2 Å². The molecule has 0 radical (unpaired) electrons. The first-order valence-corrected chi connectivity index (χ1v) is 25.8. The Bertz CT molecular complexity index is 3050. The Hall–Kier alpha value is -9.96. The summed E-state index contributed by atoms with van der Waals surface area (Å²) >= 11 is 0. The lowest BCUT2D eigenvalue weighted by atomic mass is 10.0. The molecule has 408 valence electrons. The van der Waals surface area contributed by atoms with E-state index in [-0.39, 0.29) is 79.3 Å². The Kier molecular flexibility index (Phi) is 9.36. The van der Waals surface area contributed by atoms with Gasteiger partial charge in [0.15, 0.2) is 48.3 Å². The second-order valence-corrected chi connectivity index (χ2v) is 21.7. The fourth-order valence-corrected chi connectivity index (χ4v) is 14.9. The van der Waals surface area contributed by atoms with E-state index < -0.39 is 110 Å². The average Bonchev–Trinajstić information content (AvgIpc) is 4.31. The summed E-state index contributed by atoms with van der Waals surface area (Å²) in [6, 6.07) is 2.13. The van der Waals surface area contributed by atoms with Crippen LogP contribution in [0.4, 0.5) is 38.4 Å². The van der Waals surface area contributed by atoms with Crippen LogP contribution in [0, 0.1) is 49.4 Å². The number of ether oxygens (including phenoxy) is 4. The third-order valence-electron chi connectivity index (χ3n) is 18.3. The van der Waals surface area contributed by atoms with E-state index in [0.717, 1.165) is 0 Å². The number of carbonyl (C=O) groups excluding carboxylic acids is 8. The minimum Gasteiger partial charge on any atom is -0.481 e. The summed E-state index contributed by atoms with van der Waals surface area (Å²) in [5.74, 6) is 11.4. The average molecular weight is 1090 g/mol. The van der Waals surface area contributed by atoms with Crippen molar-refractivity contribution in [1.29, 1.82) is 0 Å². The molecule has 0 unspecified atom stereocenters. The van der Waals surface area contributed by atoms with Gasteiger partial charge in [0.25, 0.3) is 0 Å². The number of carbonyl (C=O) groups is 8. The maximum atomic E-state index is 15.3. The third kappa shape index (κ3) is 5.49. The highest BCUT2D eigenvalue weighted by Gasteiger charge is 2.75. The van der Waals surface area contributed by atoms with Crippen molar-refractivity contribution in [3.63, 3.8) is 0 Å². The first kappa shape index (κ1) is 47.3. The number of hydrogen-bond acceptors (Lipinski definition) is 12. The molecule has 0 bridgehead atoms. The van der Waals surface area contributed by atoms with Crippen LogP contribution in [0.5, 0.6) is 23.0 Å². The van der Waals surface area contributed by atoms with Crippen LogP contribution in [0.2, 0.25) is 0 Å². The molecule has 28 nitrogen and oxygen atoms in total. The number of rotatable bonds is 8.